The van der Waals surface area contributed by atoms with Crippen LogP contribution >= 0.6 is 11.6 Å². The number of halogens is 1. The van der Waals surface area contributed by atoms with E-state index in [-0.39, 0.29) is 0 Å². The van der Waals surface area contributed by atoms with Gasteiger partial charge in [-0.05, 0) is 30.9 Å². The van der Waals surface area contributed by atoms with E-state index in [9.17, 15) is 0 Å². The second-order valence-corrected chi connectivity index (χ2v) is 7.66. The van der Waals surface area contributed by atoms with Gasteiger partial charge in [-0.1, -0.05) is 35.0 Å². The Kier molecular flexibility index (Phi) is 5.15. The highest BCUT2D eigenvalue weighted by Gasteiger charge is 2.24. The van der Waals surface area contributed by atoms with E-state index in [1.54, 1.807) is 29.5 Å². The normalized spacial score (nSPS) is 14.9. The lowest BCUT2D eigenvalue weighted by atomic mass is 9.98. The van der Waals surface area contributed by atoms with Crippen molar-refractivity contribution in [2.75, 3.05) is 24.6 Å². The molecule has 0 radical (unpaired) electrons. The molecule has 1 aliphatic rings. The zero-order valence-corrected chi connectivity index (χ0v) is 17.0. The van der Waals surface area contributed by atoms with Crippen molar-refractivity contribution in [2.45, 2.75) is 12.8 Å². The van der Waals surface area contributed by atoms with Gasteiger partial charge in [0, 0.05) is 31.5 Å². The molecule has 9 heteroatoms. The van der Waals surface area contributed by atoms with Gasteiger partial charge in [0.25, 0.3) is 0 Å². The van der Waals surface area contributed by atoms with E-state index in [0.29, 0.717) is 28.9 Å². The molecule has 152 valence electrons. The van der Waals surface area contributed by atoms with E-state index in [1.807, 2.05) is 30.3 Å². The molecule has 1 fully saturated rings. The van der Waals surface area contributed by atoms with Gasteiger partial charge in [0.1, 0.15) is 17.1 Å². The molecule has 0 saturated carbocycles. The number of benzene rings is 1. The zero-order valence-electron chi connectivity index (χ0n) is 16.2. The predicted molar refractivity (Wildman–Crippen MR) is 114 cm³/mol. The van der Waals surface area contributed by atoms with Crippen molar-refractivity contribution < 1.29 is 4.74 Å². The molecule has 0 unspecified atom stereocenters. The Balaban J connectivity index is 1.28. The largest absolute Gasteiger partial charge is 0.492 e. The molecule has 1 aromatic carbocycles. The minimum atomic E-state index is 0.461. The minimum Gasteiger partial charge on any atom is -0.492 e. The first-order valence-corrected chi connectivity index (χ1v) is 10.3. The molecule has 8 nitrogen and oxygen atoms in total. The average Bonchev–Trinajstić information content (AvgIpc) is 3.24. The van der Waals surface area contributed by atoms with Crippen LogP contribution in [0.25, 0.3) is 16.9 Å². The van der Waals surface area contributed by atoms with Gasteiger partial charge in [0.05, 0.1) is 12.3 Å². The molecule has 1 aliphatic heterocycles. The monoisotopic (exact) mass is 421 g/mol. The lowest BCUT2D eigenvalue weighted by molar-refractivity contribution is 0.222. The van der Waals surface area contributed by atoms with Gasteiger partial charge in [-0.25, -0.2) is 9.97 Å². The van der Waals surface area contributed by atoms with Gasteiger partial charge in [-0.2, -0.15) is 4.68 Å². The van der Waals surface area contributed by atoms with Crippen LogP contribution in [-0.4, -0.2) is 49.6 Å². The first-order valence-electron chi connectivity index (χ1n) is 9.88. The maximum absolute atomic E-state index is 6.12. The molecule has 0 N–H and O–H groups in total. The van der Waals surface area contributed by atoms with Gasteiger partial charge < -0.3 is 9.64 Å². The summed E-state index contributed by atoms with van der Waals surface area (Å²) in [5, 5.41) is 9.22. The molecular weight excluding hydrogens is 402 g/mol. The number of hydrogen-bond acceptors (Lipinski definition) is 7. The fourth-order valence-corrected chi connectivity index (χ4v) is 3.88. The van der Waals surface area contributed by atoms with E-state index >= 15 is 0 Å². The molecule has 3 aromatic heterocycles. The lowest BCUT2D eigenvalue weighted by Gasteiger charge is -2.32. The van der Waals surface area contributed by atoms with E-state index in [0.717, 1.165) is 43.0 Å². The molecule has 1 saturated heterocycles. The molecule has 0 bridgehead atoms. The Hall–Kier alpha value is -3.26. The number of aromatic nitrogens is 6. The third-order valence-corrected chi connectivity index (χ3v) is 5.63. The Labute approximate surface area is 178 Å². The number of hydrogen-bond donors (Lipinski definition) is 0. The number of rotatable bonds is 5. The molecule has 5 rings (SSSR count). The number of para-hydroxylation sites is 1. The molecule has 0 amide bonds. The van der Waals surface area contributed by atoms with Crippen LogP contribution in [0.2, 0.25) is 5.02 Å². The summed E-state index contributed by atoms with van der Waals surface area (Å²) in [5.41, 5.74) is 2.36. The van der Waals surface area contributed by atoms with E-state index in [1.165, 1.54) is 0 Å². The Morgan fingerprint density at radius 3 is 2.70 bits per heavy atom. The van der Waals surface area contributed by atoms with Crippen molar-refractivity contribution in [1.29, 1.82) is 0 Å². The second kappa shape index (κ2) is 8.23. The number of piperidine rings is 1. The lowest BCUT2D eigenvalue weighted by Crippen LogP contribution is -2.36. The summed E-state index contributed by atoms with van der Waals surface area (Å²) in [6.07, 6.45) is 6.87. The standard InChI is InChI=1S/C21H20ClN7O/c22-17-12-23-9-6-18(17)30-13-15-7-10-28(11-8-15)20-19-21(25-14-24-20)29(27-26-19)16-4-2-1-3-5-16/h1-6,9,12,14-15H,7-8,10-11,13H2. The number of anilines is 1. The molecule has 4 heterocycles. The summed E-state index contributed by atoms with van der Waals surface area (Å²) in [6, 6.07) is 11.7. The van der Waals surface area contributed by atoms with Crippen LogP contribution in [0.15, 0.2) is 55.1 Å². The third-order valence-electron chi connectivity index (χ3n) is 5.34. The summed E-state index contributed by atoms with van der Waals surface area (Å²) < 4.78 is 7.65. The second-order valence-electron chi connectivity index (χ2n) is 7.25. The summed E-state index contributed by atoms with van der Waals surface area (Å²) >= 11 is 6.12. The molecule has 0 spiro atoms. The molecule has 0 aliphatic carbocycles. The molecule has 0 atom stereocenters. The van der Waals surface area contributed by atoms with E-state index in [4.69, 9.17) is 16.3 Å². The number of ether oxygens (including phenoxy) is 1. The highest BCUT2D eigenvalue weighted by molar-refractivity contribution is 6.31. The minimum absolute atomic E-state index is 0.461. The maximum atomic E-state index is 6.12. The van der Waals surface area contributed by atoms with Crippen molar-refractivity contribution in [3.63, 3.8) is 0 Å². The Bertz CT molecular complexity index is 1140. The molecular formula is C21H20ClN7O. The van der Waals surface area contributed by atoms with Crippen molar-refractivity contribution in [3.8, 4) is 11.4 Å². The van der Waals surface area contributed by atoms with Gasteiger partial charge in [0.15, 0.2) is 17.0 Å². The summed E-state index contributed by atoms with van der Waals surface area (Å²) in [5.74, 6) is 1.98. The fourth-order valence-electron chi connectivity index (χ4n) is 3.71. The van der Waals surface area contributed by atoms with Crippen LogP contribution < -0.4 is 9.64 Å². The van der Waals surface area contributed by atoms with Crippen LogP contribution in [0.5, 0.6) is 5.75 Å². The Morgan fingerprint density at radius 1 is 1.07 bits per heavy atom. The summed E-state index contributed by atoms with van der Waals surface area (Å²) in [6.45, 7) is 2.39. The van der Waals surface area contributed by atoms with Crippen LogP contribution in [-0.2, 0) is 0 Å². The first-order chi connectivity index (χ1) is 14.8. The van der Waals surface area contributed by atoms with Gasteiger partial charge in [-0.3, -0.25) is 4.98 Å². The first kappa shape index (κ1) is 18.7. The highest BCUT2D eigenvalue weighted by atomic mass is 35.5. The van der Waals surface area contributed by atoms with Crippen LogP contribution in [0, 0.1) is 5.92 Å². The fraction of sp³-hybridized carbons (Fsp3) is 0.286. The van der Waals surface area contributed by atoms with Crippen LogP contribution in [0.3, 0.4) is 0 Å². The SMILES string of the molecule is Clc1cnccc1OCC1CCN(c2ncnc3c2nnn3-c2ccccc2)CC1. The smallest absolute Gasteiger partial charge is 0.189 e. The van der Waals surface area contributed by atoms with Crippen molar-refractivity contribution in [1.82, 2.24) is 29.9 Å². The molecule has 30 heavy (non-hydrogen) atoms. The van der Waals surface area contributed by atoms with Gasteiger partial charge in [0.2, 0.25) is 0 Å². The topological polar surface area (TPSA) is 81.8 Å². The highest BCUT2D eigenvalue weighted by Crippen LogP contribution is 2.28. The summed E-state index contributed by atoms with van der Waals surface area (Å²) in [7, 11) is 0. The zero-order chi connectivity index (χ0) is 20.3. The quantitative estimate of drug-likeness (QED) is 0.487. The number of nitrogens with zero attached hydrogens (tertiary/aromatic N) is 7. The van der Waals surface area contributed by atoms with Crippen molar-refractivity contribution >= 4 is 28.6 Å². The molecule has 4 aromatic rings. The van der Waals surface area contributed by atoms with Gasteiger partial charge >= 0.3 is 0 Å². The predicted octanol–water partition coefficient (Wildman–Crippen LogP) is 3.55. The van der Waals surface area contributed by atoms with Crippen molar-refractivity contribution in [2.24, 2.45) is 5.92 Å². The van der Waals surface area contributed by atoms with Crippen LogP contribution in [0.4, 0.5) is 5.82 Å². The van der Waals surface area contributed by atoms with E-state index in [2.05, 4.69) is 30.2 Å². The third kappa shape index (κ3) is 3.66. The number of pyridine rings is 1. The van der Waals surface area contributed by atoms with Crippen molar-refractivity contribution in [3.05, 3.63) is 60.1 Å². The maximum Gasteiger partial charge on any atom is 0.189 e. The Morgan fingerprint density at radius 2 is 1.90 bits per heavy atom. The van der Waals surface area contributed by atoms with Gasteiger partial charge in [-0.15, -0.1) is 5.10 Å². The summed E-state index contributed by atoms with van der Waals surface area (Å²) in [4.78, 5) is 15.2. The van der Waals surface area contributed by atoms with E-state index < -0.39 is 0 Å². The number of fused-ring (bicyclic) bond motifs is 1. The average molecular weight is 422 g/mol. The van der Waals surface area contributed by atoms with Crippen LogP contribution in [0.1, 0.15) is 12.8 Å².